The quantitative estimate of drug-likeness (QED) is 0.169. The van der Waals surface area contributed by atoms with E-state index in [2.05, 4.69) is 161 Å². The van der Waals surface area contributed by atoms with E-state index in [4.69, 9.17) is 0 Å². The van der Waals surface area contributed by atoms with Crippen molar-refractivity contribution in [2.75, 3.05) is 0 Å². The summed E-state index contributed by atoms with van der Waals surface area (Å²) < 4.78 is 5.36. The molecule has 0 bridgehead atoms. The van der Waals surface area contributed by atoms with Crippen LogP contribution in [0.3, 0.4) is 0 Å². The van der Waals surface area contributed by atoms with Crippen LogP contribution in [0.1, 0.15) is 22.3 Å². The Morgan fingerprint density at radius 2 is 0.568 bits per heavy atom. The highest BCUT2D eigenvalue weighted by molar-refractivity contribution is 7.60. The molecule has 0 fully saturated rings. The van der Waals surface area contributed by atoms with Crippen LogP contribution in [0.25, 0.3) is 0 Å². The summed E-state index contributed by atoms with van der Waals surface area (Å²) in [5.41, 5.74) is 5.34. The largest absolute Gasteiger partial charge is 0.257 e. The highest BCUT2D eigenvalue weighted by Crippen LogP contribution is 2.47. The molecular formula is C34H33N2P. The average molecular weight is 501 g/mol. The van der Waals surface area contributed by atoms with Gasteiger partial charge in [0.15, 0.2) is 0 Å². The van der Waals surface area contributed by atoms with Crippen LogP contribution >= 0.6 is 8.22 Å². The first-order chi connectivity index (χ1) is 18.3. The molecule has 184 valence electrons. The van der Waals surface area contributed by atoms with E-state index >= 15 is 0 Å². The maximum absolute atomic E-state index is 2.68. The second-order valence-electron chi connectivity index (χ2n) is 9.21. The topological polar surface area (TPSA) is 6.48 Å². The lowest BCUT2D eigenvalue weighted by Gasteiger charge is -2.40. The van der Waals surface area contributed by atoms with E-state index in [1.807, 2.05) is 0 Å². The van der Waals surface area contributed by atoms with Gasteiger partial charge in [-0.3, -0.25) is 9.34 Å². The summed E-state index contributed by atoms with van der Waals surface area (Å²) in [5, 5.41) is 1.37. The van der Waals surface area contributed by atoms with Gasteiger partial charge in [0.05, 0.1) is 8.22 Å². The molecule has 3 heteroatoms. The van der Waals surface area contributed by atoms with E-state index in [1.165, 1.54) is 27.6 Å². The van der Waals surface area contributed by atoms with Gasteiger partial charge >= 0.3 is 0 Å². The minimum atomic E-state index is -0.811. The van der Waals surface area contributed by atoms with Crippen molar-refractivity contribution in [2.24, 2.45) is 0 Å². The number of rotatable bonds is 11. The van der Waals surface area contributed by atoms with Gasteiger partial charge < -0.3 is 0 Å². The zero-order valence-electron chi connectivity index (χ0n) is 21.1. The molecule has 0 spiro atoms. The lowest BCUT2D eigenvalue weighted by Crippen LogP contribution is -2.33. The molecule has 5 aromatic rings. The van der Waals surface area contributed by atoms with Gasteiger partial charge in [-0.1, -0.05) is 152 Å². The van der Waals surface area contributed by atoms with Gasteiger partial charge in [0.1, 0.15) is 0 Å². The fraction of sp³-hybridized carbons (Fsp3) is 0.118. The number of nitrogens with zero attached hydrogens (tertiary/aromatic N) is 2. The maximum Gasteiger partial charge on any atom is 0.0737 e. The first-order valence-electron chi connectivity index (χ1n) is 12.9. The van der Waals surface area contributed by atoms with Crippen LogP contribution in [0, 0.1) is 0 Å². The molecule has 0 saturated heterocycles. The summed E-state index contributed by atoms with van der Waals surface area (Å²) in [7, 11) is -0.811. The van der Waals surface area contributed by atoms with E-state index in [1.54, 1.807) is 0 Å². The third-order valence-corrected chi connectivity index (χ3v) is 8.75. The molecule has 5 rings (SSSR count). The summed E-state index contributed by atoms with van der Waals surface area (Å²) in [6, 6.07) is 54.6. The van der Waals surface area contributed by atoms with Crippen molar-refractivity contribution in [1.29, 1.82) is 0 Å². The first kappa shape index (κ1) is 25.1. The molecule has 2 nitrogen and oxygen atoms in total. The van der Waals surface area contributed by atoms with Crippen LogP contribution in [0.4, 0.5) is 0 Å². The minimum absolute atomic E-state index is 0.811. The summed E-state index contributed by atoms with van der Waals surface area (Å²) in [6.45, 7) is 3.54. The van der Waals surface area contributed by atoms with Gasteiger partial charge in [-0.25, -0.2) is 0 Å². The van der Waals surface area contributed by atoms with Crippen LogP contribution in [-0.4, -0.2) is 9.34 Å². The van der Waals surface area contributed by atoms with Crippen LogP contribution in [0.5, 0.6) is 0 Å². The Kier molecular flexibility index (Phi) is 8.91. The average Bonchev–Trinajstić information content (AvgIpc) is 2.96. The van der Waals surface area contributed by atoms with E-state index in [0.717, 1.165) is 26.2 Å². The Morgan fingerprint density at radius 3 is 0.838 bits per heavy atom. The summed E-state index contributed by atoms with van der Waals surface area (Å²) in [5.74, 6) is 0. The van der Waals surface area contributed by atoms with Crippen LogP contribution in [-0.2, 0) is 26.2 Å². The molecule has 0 N–H and O–H groups in total. The van der Waals surface area contributed by atoms with Crippen molar-refractivity contribution in [3.63, 3.8) is 0 Å². The number of benzene rings is 5. The van der Waals surface area contributed by atoms with Gasteiger partial charge in [0.25, 0.3) is 0 Å². The fourth-order valence-electron chi connectivity index (χ4n) is 4.62. The molecule has 0 aromatic heterocycles. The Labute approximate surface area is 222 Å². The lowest BCUT2D eigenvalue weighted by atomic mass is 10.2. The molecule has 0 aliphatic heterocycles. The zero-order valence-corrected chi connectivity index (χ0v) is 22.0. The van der Waals surface area contributed by atoms with E-state index < -0.39 is 8.22 Å². The monoisotopic (exact) mass is 500 g/mol. The molecule has 37 heavy (non-hydrogen) atoms. The molecule has 0 saturated carbocycles. The van der Waals surface area contributed by atoms with Gasteiger partial charge in [0.2, 0.25) is 0 Å². The second-order valence-corrected chi connectivity index (χ2v) is 11.4. The molecule has 0 amide bonds. The summed E-state index contributed by atoms with van der Waals surface area (Å²) in [6.07, 6.45) is 0. The van der Waals surface area contributed by atoms with Crippen LogP contribution in [0.2, 0.25) is 0 Å². The molecular weight excluding hydrogens is 467 g/mol. The Hall–Kier alpha value is -3.55. The van der Waals surface area contributed by atoms with Crippen molar-refractivity contribution in [1.82, 2.24) is 9.34 Å². The van der Waals surface area contributed by atoms with Crippen molar-refractivity contribution in [3.8, 4) is 0 Å². The summed E-state index contributed by atoms with van der Waals surface area (Å²) >= 11 is 0. The molecule has 0 atom stereocenters. The molecule has 0 radical (unpaired) electrons. The molecule has 0 heterocycles. The smallest absolute Gasteiger partial charge is 0.0737 e. The number of hydrogen-bond acceptors (Lipinski definition) is 2. The lowest BCUT2D eigenvalue weighted by molar-refractivity contribution is 0.370. The fourth-order valence-corrected chi connectivity index (χ4v) is 7.26. The van der Waals surface area contributed by atoms with Crippen LogP contribution < -0.4 is 5.30 Å². The van der Waals surface area contributed by atoms with Gasteiger partial charge in [0, 0.05) is 31.5 Å². The van der Waals surface area contributed by atoms with Gasteiger partial charge in [-0.15, -0.1) is 0 Å². The van der Waals surface area contributed by atoms with Gasteiger partial charge in [-0.05, 0) is 22.3 Å². The maximum atomic E-state index is 2.68. The van der Waals surface area contributed by atoms with Crippen molar-refractivity contribution < 1.29 is 0 Å². The van der Waals surface area contributed by atoms with Crippen LogP contribution in [0.15, 0.2) is 152 Å². The van der Waals surface area contributed by atoms with Crippen molar-refractivity contribution >= 4 is 13.5 Å². The third kappa shape index (κ3) is 7.24. The SMILES string of the molecule is c1ccc(CN(Cc2ccccc2)P(c2ccccc2)N(Cc2ccccc2)Cc2ccccc2)cc1. The predicted octanol–water partition coefficient (Wildman–Crippen LogP) is 8.03. The highest BCUT2D eigenvalue weighted by atomic mass is 31.1. The predicted molar refractivity (Wildman–Crippen MR) is 157 cm³/mol. The van der Waals surface area contributed by atoms with Crippen molar-refractivity contribution in [2.45, 2.75) is 26.2 Å². The second kappa shape index (κ2) is 13.1. The van der Waals surface area contributed by atoms with Crippen molar-refractivity contribution in [3.05, 3.63) is 174 Å². The van der Waals surface area contributed by atoms with E-state index in [-0.39, 0.29) is 0 Å². The Morgan fingerprint density at radius 1 is 0.324 bits per heavy atom. The first-order valence-corrected chi connectivity index (χ1v) is 14.1. The standard InChI is InChI=1S/C34H33N2P/c1-6-16-30(17-7-1)26-35(27-31-18-8-2-9-19-31)37(34-24-14-5-15-25-34)36(28-32-20-10-3-11-21-32)29-33-22-12-4-13-23-33/h1-25H,26-29H2. The molecule has 0 unspecified atom stereocenters. The molecule has 0 aliphatic rings. The molecule has 0 aliphatic carbocycles. The normalized spacial score (nSPS) is 11.3. The zero-order chi connectivity index (χ0) is 25.1. The minimum Gasteiger partial charge on any atom is -0.257 e. The summed E-state index contributed by atoms with van der Waals surface area (Å²) in [4.78, 5) is 0. The van der Waals surface area contributed by atoms with E-state index in [9.17, 15) is 0 Å². The number of hydrogen-bond donors (Lipinski definition) is 0. The molecule has 5 aromatic carbocycles. The highest BCUT2D eigenvalue weighted by Gasteiger charge is 2.28. The Bertz CT molecular complexity index is 1140. The Balaban J connectivity index is 1.59. The van der Waals surface area contributed by atoms with E-state index in [0.29, 0.717) is 0 Å². The third-order valence-electron chi connectivity index (χ3n) is 6.35. The van der Waals surface area contributed by atoms with Gasteiger partial charge in [-0.2, -0.15) is 0 Å².